The van der Waals surface area contributed by atoms with Crippen molar-refractivity contribution in [3.05, 3.63) is 27.5 Å². The average molecular weight is 241 g/mol. The molecule has 0 aromatic carbocycles. The predicted molar refractivity (Wildman–Crippen MR) is 46.5 cm³/mol. The number of hydrogen-bond acceptors (Lipinski definition) is 1. The zero-order chi connectivity index (χ0) is 7.56. The molecular formula is C6H4BrCl2N. The van der Waals surface area contributed by atoms with Crippen LogP contribution >= 0.6 is 39.1 Å². The molecule has 1 aromatic heterocycles. The number of pyridine rings is 1. The van der Waals surface area contributed by atoms with Crippen LogP contribution in [0.2, 0.25) is 5.15 Å². The second-order valence-corrected chi connectivity index (χ2v) is 3.13. The van der Waals surface area contributed by atoms with Crippen molar-refractivity contribution in [2.24, 2.45) is 0 Å². The predicted octanol–water partition coefficient (Wildman–Crippen LogP) is 3.24. The maximum atomic E-state index is 5.68. The van der Waals surface area contributed by atoms with Crippen molar-refractivity contribution in [1.29, 1.82) is 0 Å². The van der Waals surface area contributed by atoms with Crippen molar-refractivity contribution < 1.29 is 0 Å². The number of halogens is 3. The molecular weight excluding hydrogens is 237 g/mol. The molecule has 54 valence electrons. The summed E-state index contributed by atoms with van der Waals surface area (Å²) in [5, 5.41) is 0.457. The number of hydrogen-bond donors (Lipinski definition) is 0. The normalized spacial score (nSPS) is 9.90. The minimum Gasteiger partial charge on any atom is -0.243 e. The van der Waals surface area contributed by atoms with Crippen LogP contribution in [-0.4, -0.2) is 4.98 Å². The highest BCUT2D eigenvalue weighted by Gasteiger charge is 2.01. The lowest BCUT2D eigenvalue weighted by Gasteiger charge is -1.98. The number of aromatic nitrogens is 1. The van der Waals surface area contributed by atoms with Gasteiger partial charge < -0.3 is 0 Å². The second-order valence-electron chi connectivity index (χ2n) is 1.71. The maximum absolute atomic E-state index is 5.68. The summed E-state index contributed by atoms with van der Waals surface area (Å²) < 4.78 is 0.784. The first kappa shape index (κ1) is 8.31. The van der Waals surface area contributed by atoms with E-state index in [1.165, 1.54) is 0 Å². The molecule has 4 heteroatoms. The molecule has 0 saturated carbocycles. The van der Waals surface area contributed by atoms with Gasteiger partial charge in [0.15, 0.2) is 0 Å². The Hall–Kier alpha value is 0.210. The highest BCUT2D eigenvalue weighted by atomic mass is 79.9. The molecule has 0 amide bonds. The molecule has 0 saturated heterocycles. The zero-order valence-corrected chi connectivity index (χ0v) is 8.04. The van der Waals surface area contributed by atoms with Gasteiger partial charge in [-0.25, -0.2) is 4.98 Å². The Bertz CT molecular complexity index is 239. The number of nitrogens with zero attached hydrogens (tertiary/aromatic N) is 1. The summed E-state index contributed by atoms with van der Waals surface area (Å²) in [6.45, 7) is 0. The van der Waals surface area contributed by atoms with E-state index in [0.717, 1.165) is 10.0 Å². The smallest absolute Gasteiger partial charge is 0.143 e. The zero-order valence-electron chi connectivity index (χ0n) is 4.94. The van der Waals surface area contributed by atoms with Gasteiger partial charge in [0.05, 0.1) is 4.47 Å². The van der Waals surface area contributed by atoms with Gasteiger partial charge in [0.25, 0.3) is 0 Å². The molecule has 1 rings (SSSR count). The molecule has 0 aliphatic carbocycles. The molecule has 0 aliphatic rings. The number of alkyl halides is 1. The first-order chi connectivity index (χ1) is 4.75. The molecule has 0 aliphatic heterocycles. The number of rotatable bonds is 1. The van der Waals surface area contributed by atoms with Crippen molar-refractivity contribution in [3.8, 4) is 0 Å². The van der Waals surface area contributed by atoms with Gasteiger partial charge in [-0.2, -0.15) is 0 Å². The van der Waals surface area contributed by atoms with Crippen LogP contribution in [0.15, 0.2) is 16.7 Å². The van der Waals surface area contributed by atoms with E-state index >= 15 is 0 Å². The Morgan fingerprint density at radius 3 is 2.80 bits per heavy atom. The van der Waals surface area contributed by atoms with Crippen LogP contribution in [0.4, 0.5) is 0 Å². The molecule has 0 spiro atoms. The summed E-state index contributed by atoms with van der Waals surface area (Å²) in [4.78, 5) is 3.85. The van der Waals surface area contributed by atoms with E-state index < -0.39 is 0 Å². The van der Waals surface area contributed by atoms with Gasteiger partial charge in [-0.05, 0) is 27.6 Å². The average Bonchev–Trinajstić information content (AvgIpc) is 1.95. The van der Waals surface area contributed by atoms with Crippen LogP contribution < -0.4 is 0 Å². The van der Waals surface area contributed by atoms with E-state index in [1.807, 2.05) is 6.07 Å². The van der Waals surface area contributed by atoms with E-state index in [0.29, 0.717) is 11.0 Å². The van der Waals surface area contributed by atoms with Crippen LogP contribution in [0.5, 0.6) is 0 Å². The van der Waals surface area contributed by atoms with Crippen molar-refractivity contribution in [2.75, 3.05) is 0 Å². The molecule has 10 heavy (non-hydrogen) atoms. The molecule has 1 nitrogen and oxygen atoms in total. The summed E-state index contributed by atoms with van der Waals surface area (Å²) in [5.74, 6) is 0.447. The molecule has 0 bridgehead atoms. The standard InChI is InChI=1S/C6H4BrCl2N/c7-5-4(3-8)1-2-10-6(5)9/h1-2H,3H2. The van der Waals surface area contributed by atoms with Crippen molar-refractivity contribution in [2.45, 2.75) is 5.88 Å². The Balaban J connectivity index is 3.14. The van der Waals surface area contributed by atoms with Crippen molar-refractivity contribution in [1.82, 2.24) is 4.98 Å². The minimum atomic E-state index is 0.447. The highest BCUT2D eigenvalue weighted by molar-refractivity contribution is 9.10. The molecule has 1 heterocycles. The van der Waals surface area contributed by atoms with Crippen molar-refractivity contribution >= 4 is 39.1 Å². The fraction of sp³-hybridized carbons (Fsp3) is 0.167. The summed E-state index contributed by atoms with van der Waals surface area (Å²) in [6.07, 6.45) is 1.63. The van der Waals surface area contributed by atoms with Gasteiger partial charge >= 0.3 is 0 Å². The Morgan fingerprint density at radius 2 is 2.30 bits per heavy atom. The van der Waals surface area contributed by atoms with Gasteiger partial charge in [0.2, 0.25) is 0 Å². The summed E-state index contributed by atoms with van der Waals surface area (Å²) in [5.41, 5.74) is 0.960. The largest absolute Gasteiger partial charge is 0.243 e. The van der Waals surface area contributed by atoms with Crippen LogP contribution in [0, 0.1) is 0 Å². The lowest BCUT2D eigenvalue weighted by molar-refractivity contribution is 1.24. The molecule has 1 aromatic rings. The molecule has 0 atom stereocenters. The first-order valence-electron chi connectivity index (χ1n) is 2.60. The second kappa shape index (κ2) is 3.56. The maximum Gasteiger partial charge on any atom is 0.143 e. The van der Waals surface area contributed by atoms with E-state index in [2.05, 4.69) is 20.9 Å². The van der Waals surface area contributed by atoms with Crippen LogP contribution in [0.1, 0.15) is 5.56 Å². The summed E-state index contributed by atoms with van der Waals surface area (Å²) >= 11 is 14.5. The lowest BCUT2D eigenvalue weighted by Crippen LogP contribution is -1.83. The monoisotopic (exact) mass is 239 g/mol. The highest BCUT2D eigenvalue weighted by Crippen LogP contribution is 2.24. The Labute approximate surface area is 77.5 Å². The third-order valence-corrected chi connectivity index (χ3v) is 2.76. The van der Waals surface area contributed by atoms with Crippen LogP contribution in [0.3, 0.4) is 0 Å². The summed E-state index contributed by atoms with van der Waals surface area (Å²) in [6, 6.07) is 1.82. The molecule has 0 N–H and O–H groups in total. The quantitative estimate of drug-likeness (QED) is 0.543. The molecule has 0 radical (unpaired) electrons. The fourth-order valence-corrected chi connectivity index (χ4v) is 1.49. The summed E-state index contributed by atoms with van der Waals surface area (Å²) in [7, 11) is 0. The van der Waals surface area contributed by atoms with Crippen molar-refractivity contribution in [3.63, 3.8) is 0 Å². The third-order valence-electron chi connectivity index (χ3n) is 1.07. The third kappa shape index (κ3) is 1.62. The van der Waals surface area contributed by atoms with Crippen LogP contribution in [0.25, 0.3) is 0 Å². The van der Waals surface area contributed by atoms with E-state index in [4.69, 9.17) is 23.2 Å². The van der Waals surface area contributed by atoms with Gasteiger partial charge in [-0.3, -0.25) is 0 Å². The van der Waals surface area contributed by atoms with Gasteiger partial charge in [0, 0.05) is 12.1 Å². The molecule has 0 fully saturated rings. The van der Waals surface area contributed by atoms with E-state index in [9.17, 15) is 0 Å². The van der Waals surface area contributed by atoms with Gasteiger partial charge in [-0.1, -0.05) is 11.6 Å². The lowest BCUT2D eigenvalue weighted by atomic mass is 10.3. The van der Waals surface area contributed by atoms with E-state index in [1.54, 1.807) is 6.20 Å². The Morgan fingerprint density at radius 1 is 1.60 bits per heavy atom. The van der Waals surface area contributed by atoms with Gasteiger partial charge in [0.1, 0.15) is 5.15 Å². The Kier molecular flexibility index (Phi) is 2.96. The SMILES string of the molecule is ClCc1ccnc(Cl)c1Br. The molecule has 0 unspecified atom stereocenters. The topological polar surface area (TPSA) is 12.9 Å². The minimum absolute atomic E-state index is 0.447. The van der Waals surface area contributed by atoms with Crippen LogP contribution in [-0.2, 0) is 5.88 Å². The van der Waals surface area contributed by atoms with Gasteiger partial charge in [-0.15, -0.1) is 11.6 Å². The fourth-order valence-electron chi connectivity index (χ4n) is 0.558. The first-order valence-corrected chi connectivity index (χ1v) is 4.31. The van der Waals surface area contributed by atoms with E-state index in [-0.39, 0.29) is 0 Å².